The van der Waals surface area contributed by atoms with E-state index in [1.54, 1.807) is 6.92 Å². The van der Waals surface area contributed by atoms with E-state index in [1.165, 1.54) is 21.1 Å². The molecule has 0 N–H and O–H groups in total. The van der Waals surface area contributed by atoms with E-state index in [0.717, 1.165) is 25.8 Å². The second-order valence-electron chi connectivity index (χ2n) is 5.63. The van der Waals surface area contributed by atoms with Crippen molar-refractivity contribution in [1.29, 1.82) is 0 Å². The normalized spacial score (nSPS) is 19.6. The number of aromatic nitrogens is 1. The average molecular weight is 270 g/mol. The smallest absolute Gasteiger partial charge is 0.219 e. The number of hydrogen-bond donors (Lipinski definition) is 0. The van der Waals surface area contributed by atoms with Gasteiger partial charge < -0.3 is 9.47 Å². The summed E-state index contributed by atoms with van der Waals surface area (Å²) in [6.07, 6.45) is 12.4. The second-order valence-corrected chi connectivity index (χ2v) is 5.63. The first-order chi connectivity index (χ1) is 9.63. The first kappa shape index (κ1) is 13.2. The van der Waals surface area contributed by atoms with Crippen molar-refractivity contribution in [2.45, 2.75) is 45.7 Å². The lowest BCUT2D eigenvalue weighted by atomic mass is 10.0. The highest BCUT2D eigenvalue weighted by molar-refractivity contribution is 5.74. The minimum absolute atomic E-state index is 0.127. The molecule has 3 heteroatoms. The molecule has 0 saturated carbocycles. The third-order valence-corrected chi connectivity index (χ3v) is 4.50. The summed E-state index contributed by atoms with van der Waals surface area (Å²) < 4.78 is 2.40. The minimum atomic E-state index is 0.127. The van der Waals surface area contributed by atoms with Gasteiger partial charge in [-0.3, -0.25) is 4.79 Å². The topological polar surface area (TPSA) is 25.2 Å². The Kier molecular flexibility index (Phi) is 3.28. The van der Waals surface area contributed by atoms with Crippen molar-refractivity contribution in [2.24, 2.45) is 0 Å². The van der Waals surface area contributed by atoms with Crippen LogP contribution in [0.2, 0.25) is 0 Å². The van der Waals surface area contributed by atoms with Crippen LogP contribution in [0.5, 0.6) is 0 Å². The van der Waals surface area contributed by atoms with Gasteiger partial charge in [0, 0.05) is 41.7 Å². The van der Waals surface area contributed by atoms with E-state index in [1.807, 2.05) is 11.9 Å². The lowest BCUT2D eigenvalue weighted by Crippen LogP contribution is -2.45. The Morgan fingerprint density at radius 3 is 2.65 bits per heavy atom. The average Bonchev–Trinajstić information content (AvgIpc) is 2.79. The number of carbonyl (C=O) groups excluding carboxylic acids is 1. The molecule has 3 rings (SSSR count). The number of carbonyl (C=O) groups is 1. The number of nitrogens with zero attached hydrogens (tertiary/aromatic N) is 2. The van der Waals surface area contributed by atoms with Gasteiger partial charge in [-0.05, 0) is 26.2 Å². The Morgan fingerprint density at radius 2 is 1.95 bits per heavy atom. The Balaban J connectivity index is 2.27. The highest BCUT2D eigenvalue weighted by atomic mass is 16.2. The molecule has 1 atom stereocenters. The molecule has 1 heterocycles. The van der Waals surface area contributed by atoms with Crippen LogP contribution in [0.4, 0.5) is 0 Å². The van der Waals surface area contributed by atoms with E-state index in [4.69, 9.17) is 0 Å². The van der Waals surface area contributed by atoms with Crippen molar-refractivity contribution < 1.29 is 4.79 Å². The molecular weight excluding hydrogens is 248 g/mol. The van der Waals surface area contributed by atoms with Gasteiger partial charge in [0.25, 0.3) is 0 Å². The van der Waals surface area contributed by atoms with Crippen molar-refractivity contribution in [3.63, 3.8) is 0 Å². The molecule has 106 valence electrons. The molecule has 1 aromatic rings. The van der Waals surface area contributed by atoms with Gasteiger partial charge in [-0.1, -0.05) is 24.3 Å². The maximum atomic E-state index is 11.6. The molecule has 20 heavy (non-hydrogen) atoms. The van der Waals surface area contributed by atoms with Crippen molar-refractivity contribution in [1.82, 2.24) is 9.47 Å². The fourth-order valence-electron chi connectivity index (χ4n) is 3.31. The van der Waals surface area contributed by atoms with Crippen LogP contribution in [0.1, 0.15) is 33.1 Å². The van der Waals surface area contributed by atoms with Crippen LogP contribution in [0.15, 0.2) is 0 Å². The SMILES string of the molecule is CCn1c2c(c3c1=CCC(N(C)C(C)=O)C=3)=CCCC=2. The van der Waals surface area contributed by atoms with Gasteiger partial charge >= 0.3 is 0 Å². The van der Waals surface area contributed by atoms with Crippen LogP contribution in [-0.4, -0.2) is 28.5 Å². The number of fused-ring (bicyclic) bond motifs is 3. The van der Waals surface area contributed by atoms with E-state index in [9.17, 15) is 4.79 Å². The molecule has 0 fully saturated rings. The van der Waals surface area contributed by atoms with Crippen molar-refractivity contribution in [3.05, 3.63) is 21.1 Å². The van der Waals surface area contributed by atoms with E-state index in [-0.39, 0.29) is 11.9 Å². The fraction of sp³-hybridized carbons (Fsp3) is 0.471. The highest BCUT2D eigenvalue weighted by Gasteiger charge is 2.18. The Labute approximate surface area is 119 Å². The van der Waals surface area contributed by atoms with Gasteiger partial charge in [-0.15, -0.1) is 0 Å². The molecule has 0 aliphatic heterocycles. The maximum Gasteiger partial charge on any atom is 0.219 e. The quantitative estimate of drug-likeness (QED) is 0.723. The predicted octanol–water partition coefficient (Wildman–Crippen LogP) is -0.326. The predicted molar refractivity (Wildman–Crippen MR) is 82.5 cm³/mol. The standard InChI is InChI=1S/C17H22N2O/c1-4-19-16-8-6-5-7-14(16)15-11-13(9-10-17(15)19)18(3)12(2)20/h7-8,10-11,13H,4-6,9H2,1-3H3. The van der Waals surface area contributed by atoms with Crippen molar-refractivity contribution >= 4 is 30.2 Å². The van der Waals surface area contributed by atoms with Gasteiger partial charge in [0.05, 0.1) is 6.04 Å². The number of amides is 1. The fourth-order valence-corrected chi connectivity index (χ4v) is 3.31. The largest absolute Gasteiger partial charge is 0.341 e. The zero-order chi connectivity index (χ0) is 14.3. The summed E-state index contributed by atoms with van der Waals surface area (Å²) >= 11 is 0. The molecule has 3 nitrogen and oxygen atoms in total. The molecular formula is C17H22N2O. The zero-order valence-corrected chi connectivity index (χ0v) is 12.5. The van der Waals surface area contributed by atoms with Crippen molar-refractivity contribution in [3.8, 4) is 0 Å². The lowest BCUT2D eigenvalue weighted by molar-refractivity contribution is -0.128. The summed E-state index contributed by atoms with van der Waals surface area (Å²) in [5.74, 6) is 0.127. The maximum absolute atomic E-state index is 11.6. The summed E-state index contributed by atoms with van der Waals surface area (Å²) in [5, 5.41) is 5.38. The summed E-state index contributed by atoms with van der Waals surface area (Å²) in [5.41, 5.74) is 0. The monoisotopic (exact) mass is 270 g/mol. The van der Waals surface area contributed by atoms with Crippen LogP contribution >= 0.6 is 0 Å². The third-order valence-electron chi connectivity index (χ3n) is 4.50. The van der Waals surface area contributed by atoms with Crippen LogP contribution in [0.25, 0.3) is 24.3 Å². The van der Waals surface area contributed by atoms with Crippen molar-refractivity contribution in [2.75, 3.05) is 7.05 Å². The lowest BCUT2D eigenvalue weighted by Gasteiger charge is -2.24. The van der Waals surface area contributed by atoms with E-state index >= 15 is 0 Å². The van der Waals surface area contributed by atoms with Gasteiger partial charge in [-0.25, -0.2) is 0 Å². The summed E-state index contributed by atoms with van der Waals surface area (Å²) in [7, 11) is 1.89. The molecule has 1 amide bonds. The molecule has 2 aliphatic rings. The van der Waals surface area contributed by atoms with Crippen LogP contribution in [0.3, 0.4) is 0 Å². The first-order valence-electron chi connectivity index (χ1n) is 7.47. The number of hydrogen-bond acceptors (Lipinski definition) is 1. The summed E-state index contributed by atoms with van der Waals surface area (Å²) in [6, 6.07) is 0.187. The molecule has 1 unspecified atom stereocenters. The van der Waals surface area contributed by atoms with Gasteiger partial charge in [-0.2, -0.15) is 0 Å². The van der Waals surface area contributed by atoms with Crippen LogP contribution in [0, 0.1) is 0 Å². The first-order valence-corrected chi connectivity index (χ1v) is 7.47. The molecule has 2 aliphatic carbocycles. The summed E-state index contributed by atoms with van der Waals surface area (Å²) in [6.45, 7) is 4.83. The third kappa shape index (κ3) is 1.92. The molecule has 1 aromatic heterocycles. The van der Waals surface area contributed by atoms with E-state index in [2.05, 4.69) is 35.8 Å². The Morgan fingerprint density at radius 1 is 1.25 bits per heavy atom. The van der Waals surface area contributed by atoms with Gasteiger partial charge in [0.2, 0.25) is 5.91 Å². The van der Waals surface area contributed by atoms with E-state index in [0.29, 0.717) is 0 Å². The molecule has 0 radical (unpaired) electrons. The van der Waals surface area contributed by atoms with Crippen LogP contribution < -0.4 is 21.1 Å². The second kappa shape index (κ2) is 4.97. The van der Waals surface area contributed by atoms with Gasteiger partial charge in [0.1, 0.15) is 0 Å². The van der Waals surface area contributed by atoms with E-state index < -0.39 is 0 Å². The highest BCUT2D eigenvalue weighted by Crippen LogP contribution is 2.07. The molecule has 0 saturated heterocycles. The molecule has 0 spiro atoms. The molecule has 0 bridgehead atoms. The Bertz CT molecular complexity index is 782. The Hall–Kier alpha value is -1.77. The van der Waals surface area contributed by atoms with Crippen LogP contribution in [-0.2, 0) is 11.3 Å². The molecule has 0 aromatic carbocycles. The zero-order valence-electron chi connectivity index (χ0n) is 12.5. The number of rotatable bonds is 2. The summed E-state index contributed by atoms with van der Waals surface area (Å²) in [4.78, 5) is 13.4. The van der Waals surface area contributed by atoms with Gasteiger partial charge in [0.15, 0.2) is 0 Å². The minimum Gasteiger partial charge on any atom is -0.341 e.